The van der Waals surface area contributed by atoms with E-state index in [1.54, 1.807) is 12.1 Å². The number of rotatable bonds is 2. The number of nitrogens with two attached hydrogens (primary N) is 1. The van der Waals surface area contributed by atoms with Crippen LogP contribution < -0.4 is 5.14 Å². The maximum Gasteiger partial charge on any atom is 0.0751 e. The standard InChI is InChI=1S/C7H11NO3S/c8-12(10,11)7-3-1-2-6(4-7)5-9/h1-4,9-11H,5,8H2. The molecule has 0 bridgehead atoms. The van der Waals surface area contributed by atoms with Gasteiger partial charge in [0, 0.05) is 0 Å². The first-order valence-corrected chi connectivity index (χ1v) is 4.91. The Morgan fingerprint density at radius 3 is 2.50 bits per heavy atom. The van der Waals surface area contributed by atoms with Crippen LogP contribution in [0.15, 0.2) is 29.2 Å². The molecule has 5 heteroatoms. The number of benzene rings is 1. The summed E-state index contributed by atoms with van der Waals surface area (Å²) in [4.78, 5) is 0.244. The Bertz CT molecular complexity index is 272. The minimum absolute atomic E-state index is 0.136. The highest BCUT2D eigenvalue weighted by Crippen LogP contribution is 2.39. The van der Waals surface area contributed by atoms with Gasteiger partial charge in [-0.25, -0.2) is 5.14 Å². The quantitative estimate of drug-likeness (QED) is 0.562. The van der Waals surface area contributed by atoms with Crippen molar-refractivity contribution in [2.45, 2.75) is 11.5 Å². The summed E-state index contributed by atoms with van der Waals surface area (Å²) in [7, 11) is -3.15. The molecule has 1 aromatic carbocycles. The van der Waals surface area contributed by atoms with Gasteiger partial charge in [-0.1, -0.05) is 12.1 Å². The van der Waals surface area contributed by atoms with Gasteiger partial charge in [-0.05, 0) is 17.7 Å². The van der Waals surface area contributed by atoms with Crippen LogP contribution in [0.1, 0.15) is 5.56 Å². The number of hydrogen-bond donors (Lipinski definition) is 4. The number of aliphatic hydroxyl groups is 1. The van der Waals surface area contributed by atoms with Crippen LogP contribution in [-0.2, 0) is 6.61 Å². The van der Waals surface area contributed by atoms with E-state index in [0.29, 0.717) is 5.56 Å². The highest BCUT2D eigenvalue weighted by atomic mass is 32.3. The van der Waals surface area contributed by atoms with Gasteiger partial charge in [-0.2, -0.15) is 0 Å². The lowest BCUT2D eigenvalue weighted by Crippen LogP contribution is -2.08. The fraction of sp³-hybridized carbons (Fsp3) is 0.143. The van der Waals surface area contributed by atoms with E-state index in [1.165, 1.54) is 12.1 Å². The summed E-state index contributed by atoms with van der Waals surface area (Å²) < 4.78 is 18.1. The summed E-state index contributed by atoms with van der Waals surface area (Å²) in [5.41, 5.74) is 0.609. The molecule has 4 nitrogen and oxygen atoms in total. The number of aliphatic hydroxyl groups excluding tert-OH is 1. The summed E-state index contributed by atoms with van der Waals surface area (Å²) in [6.07, 6.45) is 0. The molecule has 0 radical (unpaired) electrons. The van der Waals surface area contributed by atoms with Crippen LogP contribution in [-0.4, -0.2) is 14.2 Å². The Balaban J connectivity index is 3.02. The molecule has 68 valence electrons. The van der Waals surface area contributed by atoms with Crippen molar-refractivity contribution in [3.05, 3.63) is 29.8 Å². The smallest absolute Gasteiger partial charge is 0.0751 e. The van der Waals surface area contributed by atoms with Gasteiger partial charge < -0.3 is 5.11 Å². The van der Waals surface area contributed by atoms with Gasteiger partial charge in [0.2, 0.25) is 0 Å². The van der Waals surface area contributed by atoms with Gasteiger partial charge >= 0.3 is 0 Å². The topological polar surface area (TPSA) is 86.7 Å². The van der Waals surface area contributed by atoms with E-state index >= 15 is 0 Å². The second-order valence-electron chi connectivity index (χ2n) is 2.40. The van der Waals surface area contributed by atoms with Gasteiger partial charge in [-0.15, -0.1) is 10.8 Å². The van der Waals surface area contributed by atoms with Crippen molar-refractivity contribution in [3.63, 3.8) is 0 Å². The van der Waals surface area contributed by atoms with Crippen molar-refractivity contribution in [2.24, 2.45) is 5.14 Å². The highest BCUT2D eigenvalue weighted by Gasteiger charge is 2.08. The Morgan fingerprint density at radius 2 is 2.00 bits per heavy atom. The van der Waals surface area contributed by atoms with Gasteiger partial charge in [0.05, 0.1) is 11.5 Å². The first kappa shape index (κ1) is 9.50. The molecule has 0 heterocycles. The molecule has 0 amide bonds. The molecule has 0 saturated carbocycles. The van der Waals surface area contributed by atoms with Gasteiger partial charge in [0.1, 0.15) is 0 Å². The van der Waals surface area contributed by atoms with Crippen LogP contribution in [0.5, 0.6) is 0 Å². The Kier molecular flexibility index (Phi) is 2.71. The molecule has 0 aliphatic rings. The first-order chi connectivity index (χ1) is 5.54. The van der Waals surface area contributed by atoms with Crippen LogP contribution in [0, 0.1) is 0 Å². The number of hydrogen-bond acceptors (Lipinski definition) is 4. The predicted octanol–water partition coefficient (Wildman–Crippen LogP) is 1.16. The fourth-order valence-electron chi connectivity index (χ4n) is 0.831. The molecular formula is C7H11NO3S. The van der Waals surface area contributed by atoms with Crippen molar-refractivity contribution in [3.8, 4) is 0 Å². The largest absolute Gasteiger partial charge is 0.392 e. The summed E-state index contributed by atoms with van der Waals surface area (Å²) in [6, 6.07) is 6.26. The molecule has 12 heavy (non-hydrogen) atoms. The van der Waals surface area contributed by atoms with Crippen molar-refractivity contribution in [2.75, 3.05) is 0 Å². The SMILES string of the molecule is NS(O)(O)c1cccc(CO)c1. The van der Waals surface area contributed by atoms with E-state index in [0.717, 1.165) is 0 Å². The molecule has 0 saturated heterocycles. The average molecular weight is 189 g/mol. The first-order valence-electron chi connectivity index (χ1n) is 3.30. The fourth-order valence-corrected chi connectivity index (χ4v) is 1.43. The molecule has 0 aromatic heterocycles. The Hall–Kier alpha value is -0.590. The molecule has 0 atom stereocenters. The van der Waals surface area contributed by atoms with Crippen molar-refractivity contribution < 1.29 is 14.2 Å². The minimum atomic E-state index is -3.15. The highest BCUT2D eigenvalue weighted by molar-refractivity contribution is 8.22. The lowest BCUT2D eigenvalue weighted by atomic mass is 10.2. The van der Waals surface area contributed by atoms with Gasteiger partial charge in [0.25, 0.3) is 0 Å². The van der Waals surface area contributed by atoms with Crippen molar-refractivity contribution in [1.29, 1.82) is 0 Å². The zero-order valence-electron chi connectivity index (χ0n) is 6.34. The zero-order chi connectivity index (χ0) is 9.19. The van der Waals surface area contributed by atoms with Crippen LogP contribution in [0.3, 0.4) is 0 Å². The third kappa shape index (κ3) is 2.20. The van der Waals surface area contributed by atoms with Gasteiger partial charge in [0.15, 0.2) is 0 Å². The van der Waals surface area contributed by atoms with E-state index in [-0.39, 0.29) is 11.5 Å². The monoisotopic (exact) mass is 189 g/mol. The summed E-state index contributed by atoms with van der Waals surface area (Å²) >= 11 is 0. The maximum absolute atomic E-state index is 9.04. The third-order valence-corrected chi connectivity index (χ3v) is 2.38. The minimum Gasteiger partial charge on any atom is -0.392 e. The van der Waals surface area contributed by atoms with E-state index in [4.69, 9.17) is 19.4 Å². The van der Waals surface area contributed by atoms with Crippen LogP contribution in [0.25, 0.3) is 0 Å². The normalized spacial score (nSPS) is 13.0. The van der Waals surface area contributed by atoms with E-state index in [2.05, 4.69) is 0 Å². The molecule has 1 aromatic rings. The van der Waals surface area contributed by atoms with Gasteiger partial charge in [-0.3, -0.25) is 9.11 Å². The lowest BCUT2D eigenvalue weighted by molar-refractivity contribution is 0.281. The Labute approximate surface area is 72.1 Å². The van der Waals surface area contributed by atoms with Crippen molar-refractivity contribution in [1.82, 2.24) is 0 Å². The molecule has 0 aliphatic carbocycles. The lowest BCUT2D eigenvalue weighted by Gasteiger charge is -2.26. The molecule has 0 aliphatic heterocycles. The van der Waals surface area contributed by atoms with E-state index in [9.17, 15) is 0 Å². The average Bonchev–Trinajstić information content (AvgIpc) is 2.03. The van der Waals surface area contributed by atoms with Crippen molar-refractivity contribution >= 4 is 10.8 Å². The van der Waals surface area contributed by atoms with E-state index < -0.39 is 10.8 Å². The van der Waals surface area contributed by atoms with Crippen LogP contribution in [0.4, 0.5) is 0 Å². The molecule has 0 unspecified atom stereocenters. The summed E-state index contributed by atoms with van der Waals surface area (Å²) in [5, 5.41) is 13.8. The third-order valence-electron chi connectivity index (χ3n) is 1.43. The predicted molar refractivity (Wildman–Crippen MR) is 47.7 cm³/mol. The second kappa shape index (κ2) is 3.42. The molecule has 0 spiro atoms. The molecular weight excluding hydrogens is 178 g/mol. The van der Waals surface area contributed by atoms with E-state index in [1.807, 2.05) is 0 Å². The molecule has 0 fully saturated rings. The summed E-state index contributed by atoms with van der Waals surface area (Å²) in [6.45, 7) is -0.136. The van der Waals surface area contributed by atoms with Crippen LogP contribution in [0.2, 0.25) is 0 Å². The summed E-state index contributed by atoms with van der Waals surface area (Å²) in [5.74, 6) is 0. The molecule has 5 N–H and O–H groups in total. The molecule has 1 rings (SSSR count). The second-order valence-corrected chi connectivity index (χ2v) is 4.06. The zero-order valence-corrected chi connectivity index (χ0v) is 7.16. The maximum atomic E-state index is 9.04. The van der Waals surface area contributed by atoms with Crippen LogP contribution >= 0.6 is 10.8 Å². The Morgan fingerprint density at radius 1 is 1.33 bits per heavy atom.